The Labute approximate surface area is 141 Å². The lowest BCUT2D eigenvalue weighted by Gasteiger charge is -2.22. The van der Waals surface area contributed by atoms with E-state index in [-0.39, 0.29) is 0 Å². The number of hydrogen-bond acceptors (Lipinski definition) is 0. The van der Waals surface area contributed by atoms with E-state index in [9.17, 15) is 0 Å². The highest BCUT2D eigenvalue weighted by Crippen LogP contribution is 2.30. The first kappa shape index (κ1) is 16.1. The van der Waals surface area contributed by atoms with Crippen LogP contribution in [0.25, 0.3) is 11.1 Å². The summed E-state index contributed by atoms with van der Waals surface area (Å²) in [6, 6.07) is 16.2. The van der Waals surface area contributed by atoms with Crippen molar-refractivity contribution in [3.05, 3.63) is 71.8 Å². The van der Waals surface area contributed by atoms with Gasteiger partial charge in [0.05, 0.1) is 0 Å². The van der Waals surface area contributed by atoms with Crippen molar-refractivity contribution in [3.63, 3.8) is 0 Å². The lowest BCUT2D eigenvalue weighted by Crippen LogP contribution is -2.11. The monoisotopic (exact) mass is 304 g/mol. The van der Waals surface area contributed by atoms with Crippen molar-refractivity contribution in [2.45, 2.75) is 51.9 Å². The maximum Gasteiger partial charge on any atom is -0.0181 e. The van der Waals surface area contributed by atoms with E-state index in [1.165, 1.54) is 66.3 Å². The normalized spacial score (nSPS) is 16.8. The first-order valence-corrected chi connectivity index (χ1v) is 9.14. The van der Waals surface area contributed by atoms with Crippen LogP contribution >= 0.6 is 0 Å². The van der Waals surface area contributed by atoms with Gasteiger partial charge in [0.2, 0.25) is 0 Å². The highest BCUT2D eigenvalue weighted by Gasteiger charge is 2.16. The van der Waals surface area contributed by atoms with Crippen molar-refractivity contribution in [1.82, 2.24) is 0 Å². The molecule has 0 saturated heterocycles. The predicted molar refractivity (Wildman–Crippen MR) is 101 cm³/mol. The zero-order chi connectivity index (χ0) is 16.1. The van der Waals surface area contributed by atoms with Gasteiger partial charge in [0, 0.05) is 0 Å². The van der Waals surface area contributed by atoms with Crippen LogP contribution in [0.5, 0.6) is 0 Å². The average molecular weight is 304 g/mol. The van der Waals surface area contributed by atoms with Gasteiger partial charge < -0.3 is 0 Å². The summed E-state index contributed by atoms with van der Waals surface area (Å²) in [6.07, 6.45) is 10.9. The highest BCUT2D eigenvalue weighted by atomic mass is 14.2. The largest absolute Gasteiger partial charge is 0.103 e. The molecule has 23 heavy (non-hydrogen) atoms. The van der Waals surface area contributed by atoms with Crippen molar-refractivity contribution in [2.75, 3.05) is 0 Å². The molecule has 0 amide bonds. The second kappa shape index (κ2) is 7.64. The predicted octanol–water partition coefficient (Wildman–Crippen LogP) is 6.38. The van der Waals surface area contributed by atoms with Crippen LogP contribution in [0.3, 0.4) is 0 Å². The lowest BCUT2D eigenvalue weighted by molar-refractivity contribution is 0.554. The van der Waals surface area contributed by atoms with Crippen LogP contribution in [0.15, 0.2) is 55.1 Å². The van der Waals surface area contributed by atoms with E-state index in [1.54, 1.807) is 0 Å². The summed E-state index contributed by atoms with van der Waals surface area (Å²) in [5.41, 5.74) is 7.22. The van der Waals surface area contributed by atoms with Gasteiger partial charge in [-0.05, 0) is 65.8 Å². The summed E-state index contributed by atoms with van der Waals surface area (Å²) < 4.78 is 0. The van der Waals surface area contributed by atoms with Crippen LogP contribution in [0, 0.1) is 5.92 Å². The Kier molecular flexibility index (Phi) is 5.33. The number of unbranched alkanes of at least 4 members (excludes halogenated alkanes) is 2. The molecular formula is C23H28. The van der Waals surface area contributed by atoms with E-state index in [0.29, 0.717) is 5.92 Å². The third kappa shape index (κ3) is 3.93. The van der Waals surface area contributed by atoms with E-state index >= 15 is 0 Å². The molecule has 0 heterocycles. The summed E-state index contributed by atoms with van der Waals surface area (Å²) in [6.45, 7) is 6.22. The third-order valence-electron chi connectivity index (χ3n) is 5.16. The van der Waals surface area contributed by atoms with Crippen molar-refractivity contribution in [2.24, 2.45) is 5.92 Å². The maximum atomic E-state index is 3.96. The molecule has 1 aliphatic rings. The van der Waals surface area contributed by atoms with Gasteiger partial charge in [0.15, 0.2) is 0 Å². The third-order valence-corrected chi connectivity index (χ3v) is 5.16. The number of hydrogen-bond donors (Lipinski definition) is 0. The summed E-state index contributed by atoms with van der Waals surface area (Å²) in [5, 5.41) is 0. The average Bonchev–Trinajstić information content (AvgIpc) is 2.61. The first-order chi connectivity index (χ1) is 11.3. The fourth-order valence-electron chi connectivity index (χ4n) is 3.61. The topological polar surface area (TPSA) is 0 Å². The molecule has 0 heteroatoms. The number of aryl methyl sites for hydroxylation is 2. The molecule has 1 atom stereocenters. The molecule has 0 spiro atoms. The Morgan fingerprint density at radius 3 is 2.52 bits per heavy atom. The number of benzene rings is 2. The fraction of sp³-hybridized carbons (Fsp3) is 0.391. The van der Waals surface area contributed by atoms with E-state index in [0.717, 1.165) is 6.42 Å². The lowest BCUT2D eigenvalue weighted by atomic mass is 9.83. The van der Waals surface area contributed by atoms with E-state index in [4.69, 9.17) is 0 Å². The summed E-state index contributed by atoms with van der Waals surface area (Å²) in [5.74, 6) is 0.663. The number of allylic oxidation sites excluding steroid dienone is 1. The Balaban J connectivity index is 1.73. The molecule has 0 aliphatic heterocycles. The molecule has 0 nitrogen and oxygen atoms in total. The maximum absolute atomic E-state index is 3.96. The van der Waals surface area contributed by atoms with Crippen LogP contribution in [-0.2, 0) is 19.3 Å². The van der Waals surface area contributed by atoms with Crippen molar-refractivity contribution >= 4 is 0 Å². The van der Waals surface area contributed by atoms with Crippen LogP contribution < -0.4 is 0 Å². The molecule has 0 bridgehead atoms. The summed E-state index contributed by atoms with van der Waals surface area (Å²) in [7, 11) is 0. The molecule has 2 aromatic carbocycles. The van der Waals surface area contributed by atoms with Crippen LogP contribution in [0.1, 0.15) is 49.3 Å². The second-order valence-electron chi connectivity index (χ2n) is 6.88. The van der Waals surface area contributed by atoms with Gasteiger partial charge in [0.25, 0.3) is 0 Å². The number of fused-ring (bicyclic) bond motifs is 1. The molecule has 2 aromatic rings. The molecular weight excluding hydrogens is 276 g/mol. The molecule has 3 rings (SSSR count). The SMILES string of the molecule is C=CC1CCc2cc(-c3ccc(CCCCC)cc3)ccc2C1. The Morgan fingerprint density at radius 2 is 1.78 bits per heavy atom. The van der Waals surface area contributed by atoms with Gasteiger partial charge in [-0.3, -0.25) is 0 Å². The van der Waals surface area contributed by atoms with Crippen molar-refractivity contribution in [1.29, 1.82) is 0 Å². The van der Waals surface area contributed by atoms with Crippen molar-refractivity contribution < 1.29 is 0 Å². The quantitative estimate of drug-likeness (QED) is 0.429. The standard InChI is InChI=1S/C23H28/c1-3-5-6-7-19-9-11-20(12-10-19)22-15-14-21-16-18(4-2)8-13-23(21)17-22/h4,9-12,14-15,17-18H,2-3,5-8,13,16H2,1H3. The Bertz CT molecular complexity index is 648. The minimum absolute atomic E-state index is 0.663. The molecule has 0 N–H and O–H groups in total. The molecule has 0 fully saturated rings. The number of rotatable bonds is 6. The second-order valence-corrected chi connectivity index (χ2v) is 6.88. The fourth-order valence-corrected chi connectivity index (χ4v) is 3.61. The molecule has 0 aromatic heterocycles. The minimum atomic E-state index is 0.663. The van der Waals surface area contributed by atoms with E-state index in [2.05, 4.69) is 62.0 Å². The Morgan fingerprint density at radius 1 is 1.00 bits per heavy atom. The molecule has 120 valence electrons. The van der Waals surface area contributed by atoms with E-state index < -0.39 is 0 Å². The highest BCUT2D eigenvalue weighted by molar-refractivity contribution is 5.65. The minimum Gasteiger partial charge on any atom is -0.103 e. The molecule has 0 radical (unpaired) electrons. The first-order valence-electron chi connectivity index (χ1n) is 9.14. The van der Waals surface area contributed by atoms with Gasteiger partial charge in [-0.1, -0.05) is 68.3 Å². The zero-order valence-electron chi connectivity index (χ0n) is 14.4. The van der Waals surface area contributed by atoms with Gasteiger partial charge in [-0.25, -0.2) is 0 Å². The van der Waals surface area contributed by atoms with Gasteiger partial charge >= 0.3 is 0 Å². The zero-order valence-corrected chi connectivity index (χ0v) is 14.4. The molecule has 0 saturated carbocycles. The van der Waals surface area contributed by atoms with Crippen LogP contribution in [-0.4, -0.2) is 0 Å². The molecule has 1 aliphatic carbocycles. The van der Waals surface area contributed by atoms with Crippen LogP contribution in [0.4, 0.5) is 0 Å². The van der Waals surface area contributed by atoms with Gasteiger partial charge in [0.1, 0.15) is 0 Å². The summed E-state index contributed by atoms with van der Waals surface area (Å²) in [4.78, 5) is 0. The smallest absolute Gasteiger partial charge is 0.0181 e. The molecule has 1 unspecified atom stereocenters. The van der Waals surface area contributed by atoms with Crippen molar-refractivity contribution in [3.8, 4) is 11.1 Å². The van der Waals surface area contributed by atoms with Gasteiger partial charge in [-0.15, -0.1) is 6.58 Å². The summed E-state index contributed by atoms with van der Waals surface area (Å²) >= 11 is 0. The van der Waals surface area contributed by atoms with Gasteiger partial charge in [-0.2, -0.15) is 0 Å². The van der Waals surface area contributed by atoms with E-state index in [1.807, 2.05) is 0 Å². The van der Waals surface area contributed by atoms with Crippen LogP contribution in [0.2, 0.25) is 0 Å². The Hall–Kier alpha value is -1.82.